The van der Waals surface area contributed by atoms with Crippen LogP contribution in [0.2, 0.25) is 0 Å². The average Bonchev–Trinajstić information content (AvgIpc) is 3.73. The van der Waals surface area contributed by atoms with Crippen molar-refractivity contribution in [1.29, 1.82) is 0 Å². The zero-order valence-corrected chi connectivity index (χ0v) is 21.1. The molecule has 5 aromatic rings. The number of pyridine rings is 3. The van der Waals surface area contributed by atoms with Crippen molar-refractivity contribution in [3.05, 3.63) is 43.0 Å². The summed E-state index contributed by atoms with van der Waals surface area (Å²) in [5.41, 5.74) is 5.64. The van der Waals surface area contributed by atoms with Crippen molar-refractivity contribution in [2.24, 2.45) is 5.92 Å². The number of nitrogens with one attached hydrogen (secondary N) is 3. The molecular weight excluding hydrogens is 478 g/mol. The van der Waals surface area contributed by atoms with Gasteiger partial charge in [-0.3, -0.25) is 14.9 Å². The van der Waals surface area contributed by atoms with Crippen molar-refractivity contribution < 1.29 is 4.79 Å². The molecule has 1 saturated carbocycles. The highest BCUT2D eigenvalue weighted by molar-refractivity contribution is 5.96. The molecule has 0 aromatic carbocycles. The third-order valence-electron chi connectivity index (χ3n) is 7.75. The zero-order valence-electron chi connectivity index (χ0n) is 21.1. The molecule has 5 aromatic heterocycles. The summed E-state index contributed by atoms with van der Waals surface area (Å²) in [7, 11) is 0. The van der Waals surface area contributed by atoms with E-state index >= 15 is 0 Å². The Morgan fingerprint density at radius 2 is 1.82 bits per heavy atom. The predicted octanol–water partition coefficient (Wildman–Crippen LogP) is 5.08. The number of piperidine rings is 1. The van der Waals surface area contributed by atoms with E-state index in [0.717, 1.165) is 77.8 Å². The number of imidazole rings is 1. The minimum absolute atomic E-state index is 0.0791. The summed E-state index contributed by atoms with van der Waals surface area (Å²) >= 11 is 0. The predicted molar refractivity (Wildman–Crippen MR) is 147 cm³/mol. The van der Waals surface area contributed by atoms with Gasteiger partial charge in [-0.15, -0.1) is 0 Å². The molecule has 10 heteroatoms. The van der Waals surface area contributed by atoms with Crippen LogP contribution >= 0.6 is 0 Å². The van der Waals surface area contributed by atoms with E-state index in [9.17, 15) is 4.79 Å². The Hall–Kier alpha value is -4.34. The number of nitrogens with zero attached hydrogens (tertiary/aromatic N) is 6. The first-order valence-corrected chi connectivity index (χ1v) is 13.4. The summed E-state index contributed by atoms with van der Waals surface area (Å²) < 4.78 is 0. The lowest BCUT2D eigenvalue weighted by Crippen LogP contribution is -2.30. The molecule has 0 spiro atoms. The fourth-order valence-electron chi connectivity index (χ4n) is 5.71. The molecule has 3 N–H and O–H groups in total. The summed E-state index contributed by atoms with van der Waals surface area (Å²) in [5, 5.41) is 11.4. The molecule has 192 valence electrons. The molecular formula is C28H29N9O. The Bertz CT molecular complexity index is 1630. The maximum atomic E-state index is 12.6. The second kappa shape index (κ2) is 9.51. The van der Waals surface area contributed by atoms with Crippen LogP contribution in [0.25, 0.3) is 44.7 Å². The van der Waals surface area contributed by atoms with E-state index in [1.54, 1.807) is 18.6 Å². The Balaban J connectivity index is 1.22. The van der Waals surface area contributed by atoms with Crippen molar-refractivity contribution in [2.45, 2.75) is 44.9 Å². The van der Waals surface area contributed by atoms with Gasteiger partial charge in [0.25, 0.3) is 0 Å². The molecule has 1 aliphatic carbocycles. The molecule has 1 aliphatic heterocycles. The number of anilines is 2. The van der Waals surface area contributed by atoms with Crippen LogP contribution in [0.1, 0.15) is 44.9 Å². The molecule has 0 unspecified atom stereocenters. The minimum atomic E-state index is 0.0791. The molecule has 1 saturated heterocycles. The lowest BCUT2D eigenvalue weighted by Gasteiger charge is -2.27. The van der Waals surface area contributed by atoms with Crippen LogP contribution in [0.15, 0.2) is 43.0 Å². The van der Waals surface area contributed by atoms with Crippen LogP contribution in [0.3, 0.4) is 0 Å². The van der Waals surface area contributed by atoms with Crippen LogP contribution in [-0.2, 0) is 4.79 Å². The third-order valence-corrected chi connectivity index (χ3v) is 7.75. The normalized spacial score (nSPS) is 16.5. The summed E-state index contributed by atoms with van der Waals surface area (Å²) in [5.74, 6) is 1.80. The first-order valence-electron chi connectivity index (χ1n) is 13.4. The van der Waals surface area contributed by atoms with Gasteiger partial charge < -0.3 is 15.2 Å². The van der Waals surface area contributed by atoms with E-state index in [4.69, 9.17) is 4.98 Å². The van der Waals surface area contributed by atoms with Crippen LogP contribution in [0.5, 0.6) is 0 Å². The summed E-state index contributed by atoms with van der Waals surface area (Å²) in [4.78, 5) is 37.0. The van der Waals surface area contributed by atoms with Gasteiger partial charge in [-0.25, -0.2) is 15.0 Å². The van der Waals surface area contributed by atoms with Gasteiger partial charge in [-0.1, -0.05) is 12.8 Å². The van der Waals surface area contributed by atoms with Crippen LogP contribution < -0.4 is 10.2 Å². The second-order valence-electron chi connectivity index (χ2n) is 10.3. The number of hydrogen-bond donors (Lipinski definition) is 3. The van der Waals surface area contributed by atoms with Crippen molar-refractivity contribution in [3.63, 3.8) is 0 Å². The summed E-state index contributed by atoms with van der Waals surface area (Å²) in [6, 6.07) is 5.94. The standard InChI is InChI=1S/C28H29N9O/c38-28(17-6-2-3-7-17)32-20-12-18(14-29-16-20)19-13-21-23(35-36-25(21)31-15-19)26-33-22-8-9-30-27(24(22)34-26)37-10-4-1-5-11-37/h8-9,12-17H,1-7,10-11H2,(H,32,38)(H,33,34)(H,31,35,36). The summed E-state index contributed by atoms with van der Waals surface area (Å²) in [6.45, 7) is 2.01. The van der Waals surface area contributed by atoms with Crippen LogP contribution in [0.4, 0.5) is 11.5 Å². The number of hydrogen-bond acceptors (Lipinski definition) is 7. The molecule has 0 atom stereocenters. The van der Waals surface area contributed by atoms with E-state index in [-0.39, 0.29) is 11.8 Å². The molecule has 1 amide bonds. The maximum Gasteiger partial charge on any atom is 0.227 e. The van der Waals surface area contributed by atoms with Crippen molar-refractivity contribution in [2.75, 3.05) is 23.3 Å². The number of H-pyrrole nitrogens is 2. The second-order valence-corrected chi connectivity index (χ2v) is 10.3. The largest absolute Gasteiger partial charge is 0.355 e. The van der Waals surface area contributed by atoms with Gasteiger partial charge in [-0.2, -0.15) is 5.10 Å². The minimum Gasteiger partial charge on any atom is -0.355 e. The fourth-order valence-corrected chi connectivity index (χ4v) is 5.71. The quantitative estimate of drug-likeness (QED) is 0.303. The van der Waals surface area contributed by atoms with Crippen molar-refractivity contribution in [1.82, 2.24) is 35.1 Å². The average molecular weight is 508 g/mol. The van der Waals surface area contributed by atoms with Crippen molar-refractivity contribution >= 4 is 39.5 Å². The van der Waals surface area contributed by atoms with Gasteiger partial charge in [-0.05, 0) is 50.3 Å². The Morgan fingerprint density at radius 1 is 0.974 bits per heavy atom. The monoisotopic (exact) mass is 507 g/mol. The van der Waals surface area contributed by atoms with E-state index in [1.165, 1.54) is 19.3 Å². The molecule has 7 rings (SSSR count). The van der Waals surface area contributed by atoms with Gasteiger partial charge >= 0.3 is 0 Å². The highest BCUT2D eigenvalue weighted by atomic mass is 16.1. The number of carbonyl (C=O) groups is 1. The number of aromatic amines is 2. The van der Waals surface area contributed by atoms with Gasteiger partial charge in [0.1, 0.15) is 11.2 Å². The molecule has 6 heterocycles. The Morgan fingerprint density at radius 3 is 2.68 bits per heavy atom. The first-order chi connectivity index (χ1) is 18.7. The maximum absolute atomic E-state index is 12.6. The zero-order chi connectivity index (χ0) is 25.5. The van der Waals surface area contributed by atoms with E-state index in [1.807, 2.05) is 24.4 Å². The third kappa shape index (κ3) is 4.15. The van der Waals surface area contributed by atoms with E-state index in [0.29, 0.717) is 17.2 Å². The molecule has 0 radical (unpaired) electrons. The lowest BCUT2D eigenvalue weighted by atomic mass is 10.1. The smallest absolute Gasteiger partial charge is 0.227 e. The first kappa shape index (κ1) is 22.8. The van der Waals surface area contributed by atoms with Gasteiger partial charge in [0, 0.05) is 48.7 Å². The Labute approximate surface area is 219 Å². The fraction of sp³-hybridized carbons (Fsp3) is 0.357. The topological polar surface area (TPSA) is 128 Å². The van der Waals surface area contributed by atoms with E-state index in [2.05, 4.69) is 40.3 Å². The van der Waals surface area contributed by atoms with Gasteiger partial charge in [0.15, 0.2) is 17.3 Å². The van der Waals surface area contributed by atoms with E-state index < -0.39 is 0 Å². The number of carbonyl (C=O) groups excluding carboxylic acids is 1. The molecule has 38 heavy (non-hydrogen) atoms. The number of aromatic nitrogens is 7. The van der Waals surface area contributed by atoms with Gasteiger partial charge in [0.05, 0.1) is 22.8 Å². The molecule has 2 aliphatic rings. The van der Waals surface area contributed by atoms with Crippen LogP contribution in [-0.4, -0.2) is 54.1 Å². The molecule has 0 bridgehead atoms. The number of amides is 1. The SMILES string of the molecule is O=C(Nc1cncc(-c2cnc3n[nH]c(-c4nc5c(N6CCCCC6)nccc5[nH]4)c3c2)c1)C1CCCC1. The molecule has 2 fully saturated rings. The molecule has 10 nitrogen and oxygen atoms in total. The number of fused-ring (bicyclic) bond motifs is 2. The Kier molecular flexibility index (Phi) is 5.71. The van der Waals surface area contributed by atoms with Crippen LogP contribution in [0, 0.1) is 5.92 Å². The number of rotatable bonds is 5. The summed E-state index contributed by atoms with van der Waals surface area (Å²) in [6.07, 6.45) is 14.9. The lowest BCUT2D eigenvalue weighted by molar-refractivity contribution is -0.119. The van der Waals surface area contributed by atoms with Gasteiger partial charge in [0.2, 0.25) is 5.91 Å². The van der Waals surface area contributed by atoms with Crippen molar-refractivity contribution in [3.8, 4) is 22.6 Å². The highest BCUT2D eigenvalue weighted by Crippen LogP contribution is 2.32. The highest BCUT2D eigenvalue weighted by Gasteiger charge is 2.23.